The van der Waals surface area contributed by atoms with E-state index in [9.17, 15) is 0 Å². The maximum absolute atomic E-state index is 4.02. The highest BCUT2D eigenvalue weighted by Gasteiger charge is 2.09. The first kappa shape index (κ1) is 13.9. The largest absolute Gasteiger partial charge is 0.100 e. The number of hydrogen-bond donors (Lipinski definition) is 0. The van der Waals surface area contributed by atoms with Gasteiger partial charge in [-0.1, -0.05) is 55.0 Å². The zero-order valence-corrected chi connectivity index (χ0v) is 12.2. The van der Waals surface area contributed by atoms with E-state index in [1.807, 2.05) is 0 Å². The van der Waals surface area contributed by atoms with Gasteiger partial charge in [0.2, 0.25) is 0 Å². The molecule has 0 heterocycles. The monoisotopic (exact) mass is 252 g/mol. The minimum Gasteiger partial charge on any atom is -0.100 e. The lowest BCUT2D eigenvalue weighted by molar-refractivity contribution is 0.642. The van der Waals surface area contributed by atoms with Crippen molar-refractivity contribution in [3.05, 3.63) is 71.3 Å². The maximum atomic E-state index is 4.02. The van der Waals surface area contributed by atoms with Gasteiger partial charge in [0.05, 0.1) is 0 Å². The quantitative estimate of drug-likeness (QED) is 0.627. The standard InChI is InChI=1S/C19H24/c1-4-16-8-10-17(11-9-16)13-19-7-5-6-18(14-19)12-15(2)3/h5,7-11,14,18H,2,4,6,12-13H2,1,3H3. The van der Waals surface area contributed by atoms with Crippen LogP contribution in [-0.2, 0) is 12.8 Å². The SMILES string of the molecule is C=C(C)CC1C=C(Cc2ccc(CC)cc2)C=CC1. The number of benzene rings is 1. The Morgan fingerprint density at radius 1 is 1.21 bits per heavy atom. The van der Waals surface area contributed by atoms with E-state index < -0.39 is 0 Å². The second-order valence-electron chi connectivity index (χ2n) is 5.65. The number of rotatable bonds is 5. The third-order valence-corrected chi connectivity index (χ3v) is 3.67. The smallest absolute Gasteiger partial charge is 0.00289 e. The zero-order chi connectivity index (χ0) is 13.7. The first-order chi connectivity index (χ1) is 9.17. The highest BCUT2D eigenvalue weighted by atomic mass is 14.1. The van der Waals surface area contributed by atoms with Gasteiger partial charge in [-0.25, -0.2) is 0 Å². The highest BCUT2D eigenvalue weighted by molar-refractivity contribution is 5.33. The molecule has 1 aliphatic carbocycles. The lowest BCUT2D eigenvalue weighted by Crippen LogP contribution is -2.02. The molecule has 0 radical (unpaired) electrons. The topological polar surface area (TPSA) is 0 Å². The summed E-state index contributed by atoms with van der Waals surface area (Å²) in [6, 6.07) is 9.01. The summed E-state index contributed by atoms with van der Waals surface area (Å²) < 4.78 is 0. The molecule has 0 nitrogen and oxygen atoms in total. The Labute approximate surface area is 117 Å². The number of allylic oxidation sites excluding steroid dienone is 5. The van der Waals surface area contributed by atoms with Crippen molar-refractivity contribution in [3.8, 4) is 0 Å². The van der Waals surface area contributed by atoms with Crippen molar-refractivity contribution in [1.82, 2.24) is 0 Å². The lowest BCUT2D eigenvalue weighted by atomic mass is 9.89. The molecule has 19 heavy (non-hydrogen) atoms. The van der Waals surface area contributed by atoms with Crippen molar-refractivity contribution >= 4 is 0 Å². The van der Waals surface area contributed by atoms with Gasteiger partial charge >= 0.3 is 0 Å². The van der Waals surface area contributed by atoms with Crippen molar-refractivity contribution in [1.29, 1.82) is 0 Å². The zero-order valence-electron chi connectivity index (χ0n) is 12.2. The fourth-order valence-corrected chi connectivity index (χ4v) is 2.66. The molecule has 1 unspecified atom stereocenters. The minimum atomic E-state index is 0.646. The molecular weight excluding hydrogens is 228 g/mol. The third-order valence-electron chi connectivity index (χ3n) is 3.67. The fraction of sp³-hybridized carbons (Fsp3) is 0.368. The molecule has 0 heteroatoms. The molecule has 0 spiro atoms. The first-order valence-corrected chi connectivity index (χ1v) is 7.27. The lowest BCUT2D eigenvalue weighted by Gasteiger charge is -2.17. The van der Waals surface area contributed by atoms with Crippen LogP contribution in [0.2, 0.25) is 0 Å². The number of aryl methyl sites for hydroxylation is 1. The van der Waals surface area contributed by atoms with E-state index in [1.165, 1.54) is 22.3 Å². The molecule has 0 aliphatic heterocycles. The number of hydrogen-bond acceptors (Lipinski definition) is 0. The Bertz CT molecular complexity index is 485. The van der Waals surface area contributed by atoms with Crippen LogP contribution in [0.15, 0.2) is 60.2 Å². The van der Waals surface area contributed by atoms with Crippen molar-refractivity contribution in [2.24, 2.45) is 5.92 Å². The first-order valence-electron chi connectivity index (χ1n) is 7.27. The summed E-state index contributed by atoms with van der Waals surface area (Å²) in [4.78, 5) is 0. The molecule has 1 aromatic carbocycles. The van der Waals surface area contributed by atoms with E-state index in [0.717, 1.165) is 25.7 Å². The second kappa shape index (κ2) is 6.56. The van der Waals surface area contributed by atoms with Crippen molar-refractivity contribution < 1.29 is 0 Å². The molecule has 100 valence electrons. The summed E-state index contributed by atoms with van der Waals surface area (Å²) in [6.45, 7) is 8.34. The van der Waals surface area contributed by atoms with Gasteiger partial charge in [-0.15, -0.1) is 6.58 Å². The average Bonchev–Trinajstić information content (AvgIpc) is 2.39. The van der Waals surface area contributed by atoms with Gasteiger partial charge in [0.1, 0.15) is 0 Å². The predicted octanol–water partition coefficient (Wildman–Crippen LogP) is 5.26. The van der Waals surface area contributed by atoms with Gasteiger partial charge in [0.15, 0.2) is 0 Å². The molecule has 0 saturated carbocycles. The average molecular weight is 252 g/mol. The normalized spacial score (nSPS) is 18.2. The molecule has 0 N–H and O–H groups in total. The Balaban J connectivity index is 2.02. The molecule has 0 amide bonds. The molecule has 0 saturated heterocycles. The predicted molar refractivity (Wildman–Crippen MR) is 84.3 cm³/mol. The summed E-state index contributed by atoms with van der Waals surface area (Å²) >= 11 is 0. The summed E-state index contributed by atoms with van der Waals surface area (Å²) in [5.41, 5.74) is 5.55. The van der Waals surface area contributed by atoms with E-state index in [0.29, 0.717) is 5.92 Å². The molecule has 2 rings (SSSR count). The van der Waals surface area contributed by atoms with E-state index in [-0.39, 0.29) is 0 Å². The third kappa shape index (κ3) is 4.24. The summed E-state index contributed by atoms with van der Waals surface area (Å²) in [5, 5.41) is 0. The molecule has 1 aliphatic rings. The van der Waals surface area contributed by atoms with E-state index in [1.54, 1.807) is 0 Å². The highest BCUT2D eigenvalue weighted by Crippen LogP contribution is 2.24. The van der Waals surface area contributed by atoms with Crippen molar-refractivity contribution in [3.63, 3.8) is 0 Å². The molecule has 0 fully saturated rings. The van der Waals surface area contributed by atoms with Crippen LogP contribution in [0.4, 0.5) is 0 Å². The molecule has 0 bridgehead atoms. The van der Waals surface area contributed by atoms with E-state index in [4.69, 9.17) is 0 Å². The van der Waals surface area contributed by atoms with Crippen LogP contribution < -0.4 is 0 Å². The van der Waals surface area contributed by atoms with Gasteiger partial charge in [0, 0.05) is 0 Å². The summed E-state index contributed by atoms with van der Waals surface area (Å²) in [5.74, 6) is 0.646. The Morgan fingerprint density at radius 2 is 1.89 bits per heavy atom. The Hall–Kier alpha value is -1.56. The van der Waals surface area contributed by atoms with Crippen LogP contribution in [0.1, 0.15) is 37.8 Å². The van der Waals surface area contributed by atoms with Gasteiger partial charge in [-0.05, 0) is 55.2 Å². The van der Waals surface area contributed by atoms with Gasteiger partial charge < -0.3 is 0 Å². The Kier molecular flexibility index (Phi) is 4.79. The second-order valence-corrected chi connectivity index (χ2v) is 5.65. The van der Waals surface area contributed by atoms with Gasteiger partial charge in [0.25, 0.3) is 0 Å². The molecule has 1 aromatic rings. The fourth-order valence-electron chi connectivity index (χ4n) is 2.66. The van der Waals surface area contributed by atoms with Gasteiger partial charge in [-0.2, -0.15) is 0 Å². The van der Waals surface area contributed by atoms with Crippen LogP contribution in [0.25, 0.3) is 0 Å². The summed E-state index contributed by atoms with van der Waals surface area (Å²) in [6.07, 6.45) is 11.5. The van der Waals surface area contributed by atoms with E-state index in [2.05, 4.69) is 62.9 Å². The van der Waals surface area contributed by atoms with Gasteiger partial charge in [-0.3, -0.25) is 0 Å². The van der Waals surface area contributed by atoms with Crippen LogP contribution in [0.3, 0.4) is 0 Å². The van der Waals surface area contributed by atoms with Crippen molar-refractivity contribution in [2.45, 2.75) is 39.5 Å². The van der Waals surface area contributed by atoms with E-state index >= 15 is 0 Å². The van der Waals surface area contributed by atoms with Crippen LogP contribution >= 0.6 is 0 Å². The molecular formula is C19H24. The molecule has 1 atom stereocenters. The molecule has 0 aromatic heterocycles. The minimum absolute atomic E-state index is 0.646. The van der Waals surface area contributed by atoms with Crippen LogP contribution in [0.5, 0.6) is 0 Å². The van der Waals surface area contributed by atoms with Crippen LogP contribution in [0, 0.1) is 5.92 Å². The maximum Gasteiger partial charge on any atom is -0.00289 e. The summed E-state index contributed by atoms with van der Waals surface area (Å²) in [7, 11) is 0. The van der Waals surface area contributed by atoms with Crippen molar-refractivity contribution in [2.75, 3.05) is 0 Å². The Morgan fingerprint density at radius 3 is 2.53 bits per heavy atom. The van der Waals surface area contributed by atoms with Crippen LogP contribution in [-0.4, -0.2) is 0 Å².